The Labute approximate surface area is 111 Å². The number of hydrogen-bond donors (Lipinski definition) is 1. The molecule has 102 valence electrons. The third-order valence-corrected chi connectivity index (χ3v) is 2.84. The molecule has 1 amide bonds. The van der Waals surface area contributed by atoms with Crippen LogP contribution in [0, 0.1) is 0 Å². The number of carbonyl (C=O) groups excluding carboxylic acids is 2. The molecule has 0 aliphatic carbocycles. The first-order chi connectivity index (χ1) is 8.87. The average Bonchev–Trinajstić information content (AvgIpc) is 2.26. The van der Waals surface area contributed by atoms with Gasteiger partial charge in [0.25, 0.3) is 0 Å². The van der Waals surface area contributed by atoms with Gasteiger partial charge in [-0.15, -0.1) is 0 Å². The van der Waals surface area contributed by atoms with Gasteiger partial charge in [0.05, 0.1) is 25.0 Å². The van der Waals surface area contributed by atoms with Crippen LogP contribution in [0.1, 0.15) is 37.0 Å². The summed E-state index contributed by atoms with van der Waals surface area (Å²) in [5.74, 6) is 0.740. The van der Waals surface area contributed by atoms with Crippen molar-refractivity contribution in [2.45, 2.75) is 32.3 Å². The fourth-order valence-corrected chi connectivity index (χ4v) is 1.99. The zero-order chi connectivity index (χ0) is 14.0. The van der Waals surface area contributed by atoms with E-state index in [1.807, 2.05) is 13.8 Å². The van der Waals surface area contributed by atoms with Gasteiger partial charge in [0.15, 0.2) is 5.78 Å². The van der Waals surface area contributed by atoms with Crippen molar-refractivity contribution in [3.8, 4) is 11.5 Å². The van der Waals surface area contributed by atoms with Gasteiger partial charge in [-0.2, -0.15) is 0 Å². The SMILES string of the molecule is CC1(C)CC(=O)c2ccc(OCCC(N)=O)cc2O1. The summed E-state index contributed by atoms with van der Waals surface area (Å²) in [6.07, 6.45) is 0.518. The number of hydrogen-bond acceptors (Lipinski definition) is 4. The smallest absolute Gasteiger partial charge is 0.220 e. The van der Waals surface area contributed by atoms with E-state index < -0.39 is 11.5 Å². The van der Waals surface area contributed by atoms with E-state index in [0.29, 0.717) is 23.5 Å². The first-order valence-corrected chi connectivity index (χ1v) is 6.15. The summed E-state index contributed by atoms with van der Waals surface area (Å²) >= 11 is 0. The molecule has 0 saturated carbocycles. The number of amides is 1. The van der Waals surface area contributed by atoms with Gasteiger partial charge in [-0.1, -0.05) is 0 Å². The summed E-state index contributed by atoms with van der Waals surface area (Å²) in [6, 6.07) is 5.06. The number of nitrogens with two attached hydrogens (primary N) is 1. The van der Waals surface area contributed by atoms with E-state index in [-0.39, 0.29) is 18.8 Å². The van der Waals surface area contributed by atoms with E-state index in [0.717, 1.165) is 0 Å². The summed E-state index contributed by atoms with van der Waals surface area (Å²) < 4.78 is 11.2. The maximum absolute atomic E-state index is 11.9. The number of ketones is 1. The molecule has 0 unspecified atom stereocenters. The standard InChI is InChI=1S/C14H17NO4/c1-14(2)8-11(16)10-4-3-9(7-12(10)19-14)18-6-5-13(15)17/h3-4,7H,5-6,8H2,1-2H3,(H2,15,17). The lowest BCUT2D eigenvalue weighted by Gasteiger charge is -2.31. The molecule has 0 radical (unpaired) electrons. The molecule has 5 nitrogen and oxygen atoms in total. The van der Waals surface area contributed by atoms with Crippen molar-refractivity contribution in [3.05, 3.63) is 23.8 Å². The molecule has 0 saturated heterocycles. The molecule has 0 atom stereocenters. The number of carbonyl (C=O) groups is 2. The molecule has 1 aromatic rings. The van der Waals surface area contributed by atoms with Gasteiger partial charge in [-0.25, -0.2) is 0 Å². The third-order valence-electron chi connectivity index (χ3n) is 2.84. The van der Waals surface area contributed by atoms with Crippen molar-refractivity contribution in [3.63, 3.8) is 0 Å². The van der Waals surface area contributed by atoms with Crippen molar-refractivity contribution in [2.24, 2.45) is 5.73 Å². The highest BCUT2D eigenvalue weighted by molar-refractivity contribution is 6.00. The number of benzene rings is 1. The first-order valence-electron chi connectivity index (χ1n) is 6.15. The van der Waals surface area contributed by atoms with Gasteiger partial charge in [0, 0.05) is 6.07 Å². The van der Waals surface area contributed by atoms with Crippen LogP contribution < -0.4 is 15.2 Å². The Morgan fingerprint density at radius 1 is 1.47 bits per heavy atom. The van der Waals surface area contributed by atoms with Gasteiger partial charge in [0.1, 0.15) is 17.1 Å². The molecule has 0 spiro atoms. The molecular weight excluding hydrogens is 246 g/mol. The van der Waals surface area contributed by atoms with Crippen LogP contribution in [0.25, 0.3) is 0 Å². The molecule has 5 heteroatoms. The molecule has 2 N–H and O–H groups in total. The van der Waals surface area contributed by atoms with Gasteiger partial charge in [-0.3, -0.25) is 9.59 Å². The zero-order valence-electron chi connectivity index (χ0n) is 11.1. The van der Waals surface area contributed by atoms with Gasteiger partial charge in [-0.05, 0) is 26.0 Å². The van der Waals surface area contributed by atoms with Crippen LogP contribution in [0.5, 0.6) is 11.5 Å². The number of fused-ring (bicyclic) bond motifs is 1. The third kappa shape index (κ3) is 3.24. The van der Waals surface area contributed by atoms with Gasteiger partial charge < -0.3 is 15.2 Å². The highest BCUT2D eigenvalue weighted by atomic mass is 16.5. The minimum absolute atomic E-state index is 0.0648. The molecule has 0 bridgehead atoms. The molecule has 0 fully saturated rings. The number of ether oxygens (including phenoxy) is 2. The van der Waals surface area contributed by atoms with Crippen LogP contribution in [0.15, 0.2) is 18.2 Å². The van der Waals surface area contributed by atoms with E-state index in [4.69, 9.17) is 15.2 Å². The first kappa shape index (κ1) is 13.4. The highest BCUT2D eigenvalue weighted by Gasteiger charge is 2.32. The van der Waals surface area contributed by atoms with Crippen molar-refractivity contribution >= 4 is 11.7 Å². The topological polar surface area (TPSA) is 78.6 Å². The molecule has 19 heavy (non-hydrogen) atoms. The minimum atomic E-state index is -0.504. The summed E-state index contributed by atoms with van der Waals surface area (Å²) in [5.41, 5.74) is 5.10. The fraction of sp³-hybridized carbons (Fsp3) is 0.429. The Bertz CT molecular complexity index is 522. The van der Waals surface area contributed by atoms with Gasteiger partial charge in [0.2, 0.25) is 5.91 Å². The summed E-state index contributed by atoms with van der Waals surface area (Å²) in [4.78, 5) is 22.6. The molecule has 1 aliphatic rings. The fourth-order valence-electron chi connectivity index (χ4n) is 1.99. The molecule has 1 heterocycles. The van der Waals surface area contributed by atoms with E-state index >= 15 is 0 Å². The summed E-state index contributed by atoms with van der Waals surface area (Å²) in [5, 5.41) is 0. The van der Waals surface area contributed by atoms with Crippen LogP contribution in [0.4, 0.5) is 0 Å². The van der Waals surface area contributed by atoms with Crippen molar-refractivity contribution < 1.29 is 19.1 Å². The van der Waals surface area contributed by atoms with E-state index in [1.165, 1.54) is 0 Å². The van der Waals surface area contributed by atoms with Crippen molar-refractivity contribution in [2.75, 3.05) is 6.61 Å². The second kappa shape index (κ2) is 4.91. The van der Waals surface area contributed by atoms with E-state index in [9.17, 15) is 9.59 Å². The highest BCUT2D eigenvalue weighted by Crippen LogP contribution is 2.35. The Morgan fingerprint density at radius 2 is 2.21 bits per heavy atom. The molecule has 0 aromatic heterocycles. The number of rotatable bonds is 4. The van der Waals surface area contributed by atoms with Crippen LogP contribution >= 0.6 is 0 Å². The lowest BCUT2D eigenvalue weighted by molar-refractivity contribution is -0.118. The lowest BCUT2D eigenvalue weighted by Crippen LogP contribution is -2.35. The second-order valence-corrected chi connectivity index (χ2v) is 5.18. The van der Waals surface area contributed by atoms with Crippen LogP contribution in [0.2, 0.25) is 0 Å². The van der Waals surface area contributed by atoms with Crippen LogP contribution in [-0.4, -0.2) is 23.9 Å². The van der Waals surface area contributed by atoms with Crippen LogP contribution in [0.3, 0.4) is 0 Å². The predicted molar refractivity (Wildman–Crippen MR) is 69.4 cm³/mol. The normalized spacial score (nSPS) is 16.4. The van der Waals surface area contributed by atoms with Crippen molar-refractivity contribution in [1.29, 1.82) is 0 Å². The Morgan fingerprint density at radius 3 is 2.89 bits per heavy atom. The summed E-state index contributed by atoms with van der Waals surface area (Å²) in [7, 11) is 0. The van der Waals surface area contributed by atoms with E-state index in [1.54, 1.807) is 18.2 Å². The molecule has 1 aromatic carbocycles. The molecule has 2 rings (SSSR count). The monoisotopic (exact) mass is 263 g/mol. The molecular formula is C14H17NO4. The Balaban J connectivity index is 2.14. The predicted octanol–water partition coefficient (Wildman–Crippen LogP) is 1.68. The minimum Gasteiger partial charge on any atom is -0.493 e. The maximum atomic E-state index is 11.9. The largest absolute Gasteiger partial charge is 0.493 e. The second-order valence-electron chi connectivity index (χ2n) is 5.18. The maximum Gasteiger partial charge on any atom is 0.220 e. The number of Topliss-reactive ketones (excluding diaryl/α,β-unsaturated/α-hetero) is 1. The Kier molecular flexibility index (Phi) is 3.46. The zero-order valence-corrected chi connectivity index (χ0v) is 11.1. The van der Waals surface area contributed by atoms with Gasteiger partial charge >= 0.3 is 0 Å². The number of primary amides is 1. The Hall–Kier alpha value is -2.04. The molecule has 1 aliphatic heterocycles. The lowest BCUT2D eigenvalue weighted by atomic mass is 9.93. The van der Waals surface area contributed by atoms with E-state index in [2.05, 4.69) is 0 Å². The van der Waals surface area contributed by atoms with Crippen molar-refractivity contribution in [1.82, 2.24) is 0 Å². The summed E-state index contributed by atoms with van der Waals surface area (Å²) in [6.45, 7) is 3.95. The van der Waals surface area contributed by atoms with Crippen LogP contribution in [-0.2, 0) is 4.79 Å². The quantitative estimate of drug-likeness (QED) is 0.896. The average molecular weight is 263 g/mol.